The number of fused-ring (bicyclic) bond motifs is 1. The van der Waals surface area contributed by atoms with E-state index in [1.807, 2.05) is 6.07 Å². The number of aromatic amines is 1. The number of rotatable bonds is 4. The van der Waals surface area contributed by atoms with Crippen molar-refractivity contribution in [3.8, 4) is 17.3 Å². The van der Waals surface area contributed by atoms with Crippen LogP contribution in [0.25, 0.3) is 16.9 Å². The van der Waals surface area contributed by atoms with Crippen LogP contribution < -0.4 is 10.9 Å². The maximum atomic E-state index is 13.4. The van der Waals surface area contributed by atoms with Crippen molar-refractivity contribution in [3.05, 3.63) is 68.6 Å². The Morgan fingerprint density at radius 1 is 1.33 bits per heavy atom. The standard InChI is InChI=1S/C19H12F2N6O2S/c1-9-12(18(29)27-17(24-9)11(6-22)7-23-27)5-16(28)26-19-25-15(8-30-19)10-2-3-13(20)14(21)4-10/h2-4,7-8,23H,5H2,1H3,(H,25,26,28). The molecular formula is C19H12F2N6O2S. The first-order valence-electron chi connectivity index (χ1n) is 8.58. The van der Waals surface area contributed by atoms with Crippen molar-refractivity contribution in [2.75, 3.05) is 5.32 Å². The van der Waals surface area contributed by atoms with Gasteiger partial charge in [-0.3, -0.25) is 14.7 Å². The minimum Gasteiger partial charge on any atom is -0.302 e. The molecule has 2 N–H and O–H groups in total. The summed E-state index contributed by atoms with van der Waals surface area (Å²) in [5.41, 5.74) is 1.20. The molecule has 0 saturated carbocycles. The van der Waals surface area contributed by atoms with Gasteiger partial charge in [0.2, 0.25) is 5.91 Å². The van der Waals surface area contributed by atoms with Gasteiger partial charge in [-0.25, -0.2) is 23.3 Å². The fourth-order valence-corrected chi connectivity index (χ4v) is 3.62. The van der Waals surface area contributed by atoms with Gasteiger partial charge in [0.25, 0.3) is 5.56 Å². The van der Waals surface area contributed by atoms with Gasteiger partial charge < -0.3 is 5.32 Å². The Morgan fingerprint density at radius 2 is 2.13 bits per heavy atom. The highest BCUT2D eigenvalue weighted by molar-refractivity contribution is 7.14. The van der Waals surface area contributed by atoms with Crippen LogP contribution in [0, 0.1) is 29.9 Å². The summed E-state index contributed by atoms with van der Waals surface area (Å²) < 4.78 is 27.6. The molecule has 3 aromatic heterocycles. The molecule has 0 fully saturated rings. The van der Waals surface area contributed by atoms with Crippen molar-refractivity contribution in [1.82, 2.24) is 19.6 Å². The molecule has 0 bridgehead atoms. The van der Waals surface area contributed by atoms with Gasteiger partial charge in [0.1, 0.15) is 11.6 Å². The van der Waals surface area contributed by atoms with Gasteiger partial charge in [0, 0.05) is 28.4 Å². The third-order valence-electron chi connectivity index (χ3n) is 4.39. The van der Waals surface area contributed by atoms with E-state index in [4.69, 9.17) is 5.26 Å². The Balaban J connectivity index is 1.55. The zero-order valence-electron chi connectivity index (χ0n) is 15.4. The number of hydrogen-bond acceptors (Lipinski definition) is 6. The van der Waals surface area contributed by atoms with Gasteiger partial charge in [-0.15, -0.1) is 11.3 Å². The van der Waals surface area contributed by atoms with Gasteiger partial charge in [-0.05, 0) is 25.1 Å². The minimum absolute atomic E-state index is 0.175. The molecule has 0 radical (unpaired) electrons. The number of halogens is 2. The zero-order valence-corrected chi connectivity index (χ0v) is 16.2. The summed E-state index contributed by atoms with van der Waals surface area (Å²) in [7, 11) is 0. The highest BCUT2D eigenvalue weighted by atomic mass is 32.1. The third kappa shape index (κ3) is 3.44. The van der Waals surface area contributed by atoms with Crippen molar-refractivity contribution in [1.29, 1.82) is 5.26 Å². The lowest BCUT2D eigenvalue weighted by Gasteiger charge is -2.05. The lowest BCUT2D eigenvalue weighted by molar-refractivity contribution is -0.115. The van der Waals surface area contributed by atoms with Crippen LogP contribution in [0.5, 0.6) is 0 Å². The molecule has 0 saturated heterocycles. The number of thiazole rings is 1. The highest BCUT2D eigenvalue weighted by Crippen LogP contribution is 2.26. The number of aryl methyl sites for hydroxylation is 1. The van der Waals surface area contributed by atoms with E-state index in [1.165, 1.54) is 12.3 Å². The number of nitrogens with one attached hydrogen (secondary N) is 2. The number of hydrogen-bond donors (Lipinski definition) is 2. The first kappa shape index (κ1) is 19.4. The van der Waals surface area contributed by atoms with Crippen LogP contribution in [0.2, 0.25) is 0 Å². The largest absolute Gasteiger partial charge is 0.302 e. The number of nitriles is 1. The van der Waals surface area contributed by atoms with Gasteiger partial charge in [-0.2, -0.15) is 5.26 Å². The molecule has 11 heteroatoms. The van der Waals surface area contributed by atoms with Gasteiger partial charge in [0.05, 0.1) is 12.1 Å². The summed E-state index contributed by atoms with van der Waals surface area (Å²) in [6, 6.07) is 5.34. The molecule has 0 aliphatic rings. The van der Waals surface area contributed by atoms with Crippen LogP contribution in [0.3, 0.4) is 0 Å². The molecule has 150 valence electrons. The molecule has 30 heavy (non-hydrogen) atoms. The van der Waals surface area contributed by atoms with Crippen LogP contribution in [0.15, 0.2) is 34.6 Å². The number of carbonyl (C=O) groups excluding carboxylic acids is 1. The smallest absolute Gasteiger partial charge is 0.276 e. The molecule has 3 heterocycles. The van der Waals surface area contributed by atoms with Crippen molar-refractivity contribution >= 4 is 28.0 Å². The number of aromatic nitrogens is 4. The highest BCUT2D eigenvalue weighted by Gasteiger charge is 2.17. The topological polar surface area (TPSA) is 116 Å². The van der Waals surface area contributed by atoms with E-state index in [0.717, 1.165) is 28.0 Å². The van der Waals surface area contributed by atoms with Crippen LogP contribution in [0.4, 0.5) is 13.9 Å². The molecule has 0 aliphatic heterocycles. The minimum atomic E-state index is -0.992. The second kappa shape index (κ2) is 7.49. The van der Waals surface area contributed by atoms with Crippen molar-refractivity contribution in [2.45, 2.75) is 13.3 Å². The number of amides is 1. The van der Waals surface area contributed by atoms with E-state index in [0.29, 0.717) is 17.0 Å². The number of benzene rings is 1. The normalized spacial score (nSPS) is 10.9. The summed E-state index contributed by atoms with van der Waals surface area (Å²) in [5.74, 6) is -2.44. The van der Waals surface area contributed by atoms with E-state index in [9.17, 15) is 18.4 Å². The first-order valence-corrected chi connectivity index (χ1v) is 9.46. The van der Waals surface area contributed by atoms with Crippen LogP contribution in [-0.4, -0.2) is 25.5 Å². The Morgan fingerprint density at radius 3 is 2.87 bits per heavy atom. The fourth-order valence-electron chi connectivity index (χ4n) is 2.89. The number of anilines is 1. The third-order valence-corrected chi connectivity index (χ3v) is 5.14. The maximum absolute atomic E-state index is 13.4. The summed E-state index contributed by atoms with van der Waals surface area (Å²) in [6.07, 6.45) is 1.12. The molecule has 0 atom stereocenters. The first-order chi connectivity index (χ1) is 14.4. The van der Waals surface area contributed by atoms with Gasteiger partial charge in [0.15, 0.2) is 22.4 Å². The molecule has 4 aromatic rings. The van der Waals surface area contributed by atoms with E-state index < -0.39 is 23.1 Å². The Labute approximate surface area is 171 Å². The summed E-state index contributed by atoms with van der Waals surface area (Å²) >= 11 is 1.11. The van der Waals surface area contributed by atoms with Crippen LogP contribution in [-0.2, 0) is 11.2 Å². The van der Waals surface area contributed by atoms with Crippen molar-refractivity contribution in [2.24, 2.45) is 0 Å². The molecule has 0 unspecified atom stereocenters. The Kier molecular flexibility index (Phi) is 4.85. The van der Waals surface area contributed by atoms with E-state index in [-0.39, 0.29) is 28.3 Å². The SMILES string of the molecule is Cc1nc2c(C#N)c[nH]n2c(=O)c1CC(=O)Nc1nc(-c2ccc(F)c(F)c2)cs1. The lowest BCUT2D eigenvalue weighted by atomic mass is 10.1. The average Bonchev–Trinajstić information content (AvgIpc) is 3.34. The summed E-state index contributed by atoms with van der Waals surface area (Å²) in [6.45, 7) is 1.59. The van der Waals surface area contributed by atoms with E-state index in [2.05, 4.69) is 20.4 Å². The molecule has 1 amide bonds. The average molecular weight is 426 g/mol. The van der Waals surface area contributed by atoms with Crippen LogP contribution in [0.1, 0.15) is 16.8 Å². The maximum Gasteiger partial charge on any atom is 0.276 e. The molecule has 0 aliphatic carbocycles. The zero-order chi connectivity index (χ0) is 21.4. The van der Waals surface area contributed by atoms with Crippen LogP contribution >= 0.6 is 11.3 Å². The van der Waals surface area contributed by atoms with Crippen molar-refractivity contribution in [3.63, 3.8) is 0 Å². The lowest BCUT2D eigenvalue weighted by Crippen LogP contribution is -2.26. The second-order valence-electron chi connectivity index (χ2n) is 6.33. The van der Waals surface area contributed by atoms with Gasteiger partial charge in [-0.1, -0.05) is 0 Å². The van der Waals surface area contributed by atoms with E-state index in [1.54, 1.807) is 12.3 Å². The quantitative estimate of drug-likeness (QED) is 0.521. The van der Waals surface area contributed by atoms with E-state index >= 15 is 0 Å². The molecular weight excluding hydrogens is 414 g/mol. The summed E-state index contributed by atoms with van der Waals surface area (Å²) in [4.78, 5) is 33.5. The number of H-pyrrole nitrogens is 1. The number of nitrogens with zero attached hydrogens (tertiary/aromatic N) is 4. The fraction of sp³-hybridized carbons (Fsp3) is 0.105. The molecule has 1 aromatic carbocycles. The predicted octanol–water partition coefficient (Wildman–Crippen LogP) is 2.79. The predicted molar refractivity (Wildman–Crippen MR) is 105 cm³/mol. The molecule has 0 spiro atoms. The molecule has 8 nitrogen and oxygen atoms in total. The second-order valence-corrected chi connectivity index (χ2v) is 7.19. The summed E-state index contributed by atoms with van der Waals surface area (Å²) in [5, 5.41) is 16.1. The van der Waals surface area contributed by atoms with Crippen molar-refractivity contribution < 1.29 is 13.6 Å². The Bertz CT molecular complexity index is 1400. The number of carbonyl (C=O) groups is 1. The monoisotopic (exact) mass is 426 g/mol. The molecule has 4 rings (SSSR count). The Hall–Kier alpha value is -3.91. The van der Waals surface area contributed by atoms with Gasteiger partial charge >= 0.3 is 0 Å².